The molecule has 3 nitrogen and oxygen atoms in total. The minimum absolute atomic E-state index is 0.0129. The third-order valence-electron chi connectivity index (χ3n) is 9.01. The lowest BCUT2D eigenvalue weighted by Gasteiger charge is -2.64. The number of piperidine rings is 1. The number of fused-ring (bicyclic) bond motifs is 1. The highest BCUT2D eigenvalue weighted by Gasteiger charge is 2.75. The monoisotopic (exact) mass is 392 g/mol. The van der Waals surface area contributed by atoms with Crippen LogP contribution < -0.4 is 10.1 Å². The zero-order valence-corrected chi connectivity index (χ0v) is 16.2. The smallest absolute Gasteiger partial charge is 0.401 e. The molecule has 2 saturated carbocycles. The lowest BCUT2D eigenvalue weighted by atomic mass is 9.44. The largest absolute Gasteiger partial charge is 0.497 e. The van der Waals surface area contributed by atoms with Gasteiger partial charge in [-0.15, -0.1) is 0 Å². The molecule has 6 atom stereocenters. The van der Waals surface area contributed by atoms with Gasteiger partial charge in [0.15, 0.2) is 0 Å². The number of rotatable bonds is 2. The number of alkyl halides is 3. The summed E-state index contributed by atoms with van der Waals surface area (Å²) in [6.45, 7) is 0.836. The lowest BCUT2D eigenvalue weighted by Crippen LogP contribution is -2.69. The van der Waals surface area contributed by atoms with Crippen LogP contribution in [0.1, 0.15) is 36.8 Å². The quantitative estimate of drug-likeness (QED) is 0.834. The molecule has 6 rings (SSSR count). The van der Waals surface area contributed by atoms with Crippen LogP contribution in [0.15, 0.2) is 18.2 Å². The van der Waals surface area contributed by atoms with Crippen molar-refractivity contribution in [3.8, 4) is 5.75 Å². The molecule has 1 aromatic carbocycles. The molecule has 3 aliphatic carbocycles. The molecule has 1 aromatic rings. The molecule has 0 radical (unpaired) electrons. The summed E-state index contributed by atoms with van der Waals surface area (Å²) in [4.78, 5) is 1.78. The van der Waals surface area contributed by atoms with Crippen molar-refractivity contribution in [2.45, 2.75) is 55.8 Å². The first-order chi connectivity index (χ1) is 13.4. The van der Waals surface area contributed by atoms with E-state index in [1.807, 2.05) is 6.07 Å². The summed E-state index contributed by atoms with van der Waals surface area (Å²) in [5.74, 6) is 1.61. The van der Waals surface area contributed by atoms with Crippen LogP contribution >= 0.6 is 0 Å². The van der Waals surface area contributed by atoms with E-state index in [1.165, 1.54) is 11.1 Å². The van der Waals surface area contributed by atoms with Crippen LogP contribution in [-0.4, -0.2) is 49.9 Å². The molecule has 6 heteroatoms. The summed E-state index contributed by atoms with van der Waals surface area (Å²) >= 11 is 0. The average molecular weight is 392 g/mol. The van der Waals surface area contributed by atoms with Gasteiger partial charge in [0, 0.05) is 24.0 Å². The summed E-state index contributed by atoms with van der Waals surface area (Å²) in [5.41, 5.74) is 3.00. The summed E-state index contributed by atoms with van der Waals surface area (Å²) in [7, 11) is 1.70. The molecule has 152 valence electrons. The minimum Gasteiger partial charge on any atom is -0.497 e. The summed E-state index contributed by atoms with van der Waals surface area (Å²) in [5, 5.41) is 3.82. The molecule has 4 fully saturated rings. The van der Waals surface area contributed by atoms with Crippen LogP contribution in [0, 0.1) is 17.3 Å². The first-order valence-electron chi connectivity index (χ1n) is 10.6. The second-order valence-electron chi connectivity index (χ2n) is 9.75. The maximum Gasteiger partial charge on any atom is 0.401 e. The number of likely N-dealkylation sites (tertiary alicyclic amines) is 1. The van der Waals surface area contributed by atoms with Gasteiger partial charge in [0.1, 0.15) is 5.75 Å². The highest BCUT2D eigenvalue weighted by Crippen LogP contribution is 2.74. The van der Waals surface area contributed by atoms with E-state index in [0.717, 1.165) is 44.4 Å². The van der Waals surface area contributed by atoms with Gasteiger partial charge in [-0.1, -0.05) is 6.07 Å². The molecule has 28 heavy (non-hydrogen) atoms. The first-order valence-corrected chi connectivity index (χ1v) is 10.6. The highest BCUT2D eigenvalue weighted by atomic mass is 19.4. The Morgan fingerprint density at radius 1 is 1.29 bits per heavy atom. The number of benzene rings is 1. The molecule has 2 saturated heterocycles. The maximum absolute atomic E-state index is 13.3. The van der Waals surface area contributed by atoms with Crippen molar-refractivity contribution in [1.29, 1.82) is 0 Å². The van der Waals surface area contributed by atoms with E-state index in [0.29, 0.717) is 24.4 Å². The van der Waals surface area contributed by atoms with Crippen molar-refractivity contribution < 1.29 is 17.9 Å². The fourth-order valence-electron chi connectivity index (χ4n) is 8.53. The Kier molecular flexibility index (Phi) is 3.42. The standard InChI is InChI=1S/C22H27F3N2O/c1-28-15-3-2-13-8-18-20-5-4-17-19(21(20,6-7-26-18)16(13)9-15)14(10-20)11-27(17)12-22(23,24)25/h2-3,9,14,17-19,26H,4-8,10-12H2,1H3/t14-,17?,18?,19?,20?,21?/m1/s1. The SMILES string of the molecule is COc1ccc2c(c1)C13CCNC(C2)C12CCC1C3[C@@H](CN1CC(F)(F)F)C2. The van der Waals surface area contributed by atoms with Gasteiger partial charge in [-0.2, -0.15) is 13.2 Å². The molecular weight excluding hydrogens is 365 g/mol. The Balaban J connectivity index is 1.51. The van der Waals surface area contributed by atoms with E-state index >= 15 is 0 Å². The highest BCUT2D eigenvalue weighted by molar-refractivity contribution is 5.50. The fraction of sp³-hybridized carbons (Fsp3) is 0.727. The molecule has 5 aliphatic rings. The van der Waals surface area contributed by atoms with Gasteiger partial charge < -0.3 is 10.1 Å². The normalized spacial score (nSPS) is 43.6. The first kappa shape index (κ1) is 17.6. The molecule has 4 bridgehead atoms. The molecule has 0 amide bonds. The Labute approximate surface area is 163 Å². The van der Waals surface area contributed by atoms with Gasteiger partial charge in [-0.3, -0.25) is 4.90 Å². The van der Waals surface area contributed by atoms with Crippen LogP contribution in [0.5, 0.6) is 5.75 Å². The van der Waals surface area contributed by atoms with E-state index in [9.17, 15) is 13.2 Å². The topological polar surface area (TPSA) is 24.5 Å². The van der Waals surface area contributed by atoms with E-state index in [2.05, 4.69) is 17.4 Å². The number of nitrogens with zero attached hydrogens (tertiary/aromatic N) is 1. The third kappa shape index (κ3) is 1.99. The lowest BCUT2D eigenvalue weighted by molar-refractivity contribution is -0.154. The van der Waals surface area contributed by atoms with Crippen LogP contribution in [-0.2, 0) is 11.8 Å². The number of hydrogen-bond donors (Lipinski definition) is 1. The van der Waals surface area contributed by atoms with Crippen molar-refractivity contribution in [2.24, 2.45) is 17.3 Å². The van der Waals surface area contributed by atoms with Crippen LogP contribution in [0.4, 0.5) is 13.2 Å². The Morgan fingerprint density at radius 2 is 2.14 bits per heavy atom. The van der Waals surface area contributed by atoms with Gasteiger partial charge in [0.05, 0.1) is 13.7 Å². The van der Waals surface area contributed by atoms with E-state index < -0.39 is 12.7 Å². The van der Waals surface area contributed by atoms with Gasteiger partial charge in [0.25, 0.3) is 0 Å². The van der Waals surface area contributed by atoms with Gasteiger partial charge in [-0.25, -0.2) is 0 Å². The molecule has 2 heterocycles. The molecular formula is C22H27F3N2O. The van der Waals surface area contributed by atoms with E-state index in [-0.39, 0.29) is 16.9 Å². The predicted octanol–water partition coefficient (Wildman–Crippen LogP) is 3.51. The number of halogens is 3. The van der Waals surface area contributed by atoms with Crippen LogP contribution in [0.25, 0.3) is 0 Å². The molecule has 2 aliphatic heterocycles. The Hall–Kier alpha value is -1.27. The van der Waals surface area contributed by atoms with E-state index in [4.69, 9.17) is 4.74 Å². The molecule has 5 unspecified atom stereocenters. The van der Waals surface area contributed by atoms with Crippen LogP contribution in [0.3, 0.4) is 0 Å². The number of nitrogens with one attached hydrogen (secondary N) is 1. The van der Waals surface area contributed by atoms with Crippen molar-refractivity contribution in [3.05, 3.63) is 29.3 Å². The maximum atomic E-state index is 13.3. The zero-order chi connectivity index (χ0) is 19.3. The predicted molar refractivity (Wildman–Crippen MR) is 99.5 cm³/mol. The van der Waals surface area contributed by atoms with Crippen molar-refractivity contribution in [1.82, 2.24) is 10.2 Å². The van der Waals surface area contributed by atoms with Gasteiger partial charge in [-0.05, 0) is 79.2 Å². The van der Waals surface area contributed by atoms with Gasteiger partial charge in [0.2, 0.25) is 0 Å². The molecule has 0 aromatic heterocycles. The van der Waals surface area contributed by atoms with Crippen molar-refractivity contribution >= 4 is 0 Å². The summed E-state index contributed by atoms with van der Waals surface area (Å²) in [6, 6.07) is 7.00. The summed E-state index contributed by atoms with van der Waals surface area (Å²) in [6.07, 6.45) is 1.01. The number of methoxy groups -OCH3 is 1. The van der Waals surface area contributed by atoms with E-state index in [1.54, 1.807) is 12.0 Å². The minimum atomic E-state index is -4.12. The molecule has 0 spiro atoms. The second-order valence-corrected chi connectivity index (χ2v) is 9.75. The summed E-state index contributed by atoms with van der Waals surface area (Å²) < 4.78 is 45.3. The van der Waals surface area contributed by atoms with Gasteiger partial charge >= 0.3 is 6.18 Å². The zero-order valence-electron chi connectivity index (χ0n) is 16.2. The second kappa shape index (κ2) is 5.45. The number of ether oxygens (including phenoxy) is 1. The third-order valence-corrected chi connectivity index (χ3v) is 9.01. The Bertz CT molecular complexity index is 826. The number of hydrogen-bond acceptors (Lipinski definition) is 3. The van der Waals surface area contributed by atoms with Crippen molar-refractivity contribution in [3.63, 3.8) is 0 Å². The van der Waals surface area contributed by atoms with Crippen molar-refractivity contribution in [2.75, 3.05) is 26.7 Å². The van der Waals surface area contributed by atoms with Crippen LogP contribution in [0.2, 0.25) is 0 Å². The Morgan fingerprint density at radius 3 is 2.93 bits per heavy atom. The fourth-order valence-corrected chi connectivity index (χ4v) is 8.53. The average Bonchev–Trinajstić information content (AvgIpc) is 3.05. The molecule has 1 N–H and O–H groups in total.